The molecule has 0 aromatic carbocycles. The number of rotatable bonds is 7. The molecule has 0 aromatic rings. The van der Waals surface area contributed by atoms with Gasteiger partial charge in [0.1, 0.15) is 0 Å². The van der Waals surface area contributed by atoms with Crippen LogP contribution in [0, 0.1) is 17.8 Å². The Labute approximate surface area is 86.7 Å². The molecule has 0 unspecified atom stereocenters. The summed E-state index contributed by atoms with van der Waals surface area (Å²) in [7, 11) is 0. The second-order valence-electron chi connectivity index (χ2n) is 4.41. The monoisotopic (exact) mass is 201 g/mol. The largest absolute Gasteiger partial charge is 0.481 e. The molecule has 0 bridgehead atoms. The van der Waals surface area contributed by atoms with Crippen molar-refractivity contribution >= 4 is 5.97 Å². The van der Waals surface area contributed by atoms with Gasteiger partial charge in [0.15, 0.2) is 0 Å². The van der Waals surface area contributed by atoms with Crippen molar-refractivity contribution in [1.82, 2.24) is 0 Å². The number of carboxylic acid groups (broad SMARTS) is 1. The van der Waals surface area contributed by atoms with Crippen molar-refractivity contribution in [2.45, 2.75) is 40.0 Å². The fraction of sp³-hybridized carbons (Fsp3) is 0.909. The average molecular weight is 201 g/mol. The van der Waals surface area contributed by atoms with Crippen LogP contribution >= 0.6 is 0 Å². The Balaban J connectivity index is 4.07. The smallest absolute Gasteiger partial charge is 0.307 e. The Morgan fingerprint density at radius 3 is 2.21 bits per heavy atom. The molecule has 0 spiro atoms. The molecule has 14 heavy (non-hydrogen) atoms. The molecule has 3 heteroatoms. The van der Waals surface area contributed by atoms with Gasteiger partial charge < -0.3 is 10.8 Å². The lowest BCUT2D eigenvalue weighted by atomic mass is 9.86. The Morgan fingerprint density at radius 1 is 1.36 bits per heavy atom. The predicted molar refractivity (Wildman–Crippen MR) is 58.0 cm³/mol. The van der Waals surface area contributed by atoms with Gasteiger partial charge in [-0.15, -0.1) is 0 Å². The van der Waals surface area contributed by atoms with Crippen molar-refractivity contribution in [2.75, 3.05) is 6.54 Å². The minimum atomic E-state index is -0.755. The van der Waals surface area contributed by atoms with Gasteiger partial charge in [0.05, 0.1) is 5.92 Å². The zero-order valence-corrected chi connectivity index (χ0v) is 9.49. The molecule has 0 aliphatic heterocycles. The molecule has 0 amide bonds. The van der Waals surface area contributed by atoms with Gasteiger partial charge in [0.25, 0.3) is 0 Å². The maximum absolute atomic E-state index is 10.8. The van der Waals surface area contributed by atoms with Crippen LogP contribution in [0.4, 0.5) is 0 Å². The van der Waals surface area contributed by atoms with E-state index in [2.05, 4.69) is 20.8 Å². The van der Waals surface area contributed by atoms with E-state index < -0.39 is 5.97 Å². The van der Waals surface area contributed by atoms with E-state index in [1.165, 1.54) is 0 Å². The Hall–Kier alpha value is -0.570. The van der Waals surface area contributed by atoms with Gasteiger partial charge in [0, 0.05) is 6.54 Å². The van der Waals surface area contributed by atoms with Crippen molar-refractivity contribution < 1.29 is 9.90 Å². The van der Waals surface area contributed by atoms with Crippen molar-refractivity contribution in [3.05, 3.63) is 0 Å². The third-order valence-corrected chi connectivity index (χ3v) is 2.63. The number of aliphatic carboxylic acids is 1. The maximum Gasteiger partial charge on any atom is 0.307 e. The summed E-state index contributed by atoms with van der Waals surface area (Å²) in [4.78, 5) is 10.8. The molecule has 3 nitrogen and oxygen atoms in total. The van der Waals surface area contributed by atoms with Crippen LogP contribution in [-0.2, 0) is 4.79 Å². The van der Waals surface area contributed by atoms with E-state index in [9.17, 15) is 4.79 Å². The maximum atomic E-state index is 10.8. The van der Waals surface area contributed by atoms with Gasteiger partial charge in [0.2, 0.25) is 0 Å². The second-order valence-corrected chi connectivity index (χ2v) is 4.41. The summed E-state index contributed by atoms with van der Waals surface area (Å²) < 4.78 is 0. The summed E-state index contributed by atoms with van der Waals surface area (Å²) in [6.45, 7) is 6.70. The Kier molecular flexibility index (Phi) is 6.54. The van der Waals surface area contributed by atoms with Crippen LogP contribution in [0.2, 0.25) is 0 Å². The third-order valence-electron chi connectivity index (χ3n) is 2.63. The topological polar surface area (TPSA) is 63.3 Å². The van der Waals surface area contributed by atoms with E-state index in [4.69, 9.17) is 10.8 Å². The summed E-state index contributed by atoms with van der Waals surface area (Å²) in [5, 5.41) is 8.87. The average Bonchev–Trinajstić information content (AvgIpc) is 2.10. The minimum absolute atomic E-state index is 0.254. The standard InChI is InChI=1S/C11H23NO2/c1-4-9(5-8(2)3)6-10(7-12)11(13)14/h8-10H,4-7,12H2,1-3H3,(H,13,14)/t9-,10+/m1/s1. The number of nitrogens with two attached hydrogens (primary N) is 1. The van der Waals surface area contributed by atoms with Gasteiger partial charge in [-0.2, -0.15) is 0 Å². The van der Waals surface area contributed by atoms with E-state index in [1.807, 2.05) is 0 Å². The van der Waals surface area contributed by atoms with E-state index in [0.717, 1.165) is 19.3 Å². The molecule has 0 fully saturated rings. The second kappa shape index (κ2) is 6.82. The predicted octanol–water partition coefficient (Wildman–Crippen LogP) is 2.11. The Morgan fingerprint density at radius 2 is 1.93 bits per heavy atom. The lowest BCUT2D eigenvalue weighted by molar-refractivity contribution is -0.142. The molecular formula is C11H23NO2. The molecular weight excluding hydrogens is 178 g/mol. The van der Waals surface area contributed by atoms with Crippen molar-refractivity contribution in [3.63, 3.8) is 0 Å². The van der Waals surface area contributed by atoms with Crippen LogP contribution in [-0.4, -0.2) is 17.6 Å². The third kappa shape index (κ3) is 5.22. The minimum Gasteiger partial charge on any atom is -0.481 e. The van der Waals surface area contributed by atoms with E-state index >= 15 is 0 Å². The van der Waals surface area contributed by atoms with Crippen LogP contribution in [0.5, 0.6) is 0 Å². The van der Waals surface area contributed by atoms with Crippen LogP contribution in [0.25, 0.3) is 0 Å². The van der Waals surface area contributed by atoms with E-state index in [1.54, 1.807) is 0 Å². The van der Waals surface area contributed by atoms with Crippen LogP contribution in [0.3, 0.4) is 0 Å². The fourth-order valence-electron chi connectivity index (χ4n) is 1.80. The lowest BCUT2D eigenvalue weighted by Gasteiger charge is -2.20. The van der Waals surface area contributed by atoms with E-state index in [-0.39, 0.29) is 12.5 Å². The van der Waals surface area contributed by atoms with Crippen LogP contribution in [0.15, 0.2) is 0 Å². The highest BCUT2D eigenvalue weighted by Gasteiger charge is 2.20. The number of hydrogen-bond acceptors (Lipinski definition) is 2. The molecule has 0 aliphatic rings. The van der Waals surface area contributed by atoms with Crippen molar-refractivity contribution in [2.24, 2.45) is 23.5 Å². The van der Waals surface area contributed by atoms with E-state index in [0.29, 0.717) is 11.8 Å². The van der Waals surface area contributed by atoms with Gasteiger partial charge in [-0.1, -0.05) is 27.2 Å². The Bertz CT molecular complexity index is 169. The zero-order valence-electron chi connectivity index (χ0n) is 9.49. The zero-order chi connectivity index (χ0) is 11.1. The molecule has 2 atom stereocenters. The van der Waals surface area contributed by atoms with Crippen LogP contribution < -0.4 is 5.73 Å². The molecule has 0 saturated heterocycles. The first-order chi connectivity index (χ1) is 6.51. The summed E-state index contributed by atoms with van der Waals surface area (Å²) in [5.74, 6) is 0.0141. The molecule has 0 heterocycles. The first-order valence-electron chi connectivity index (χ1n) is 5.44. The van der Waals surface area contributed by atoms with Crippen molar-refractivity contribution in [3.8, 4) is 0 Å². The molecule has 3 N–H and O–H groups in total. The first-order valence-corrected chi connectivity index (χ1v) is 5.44. The number of carbonyl (C=O) groups is 1. The van der Waals surface area contributed by atoms with Gasteiger partial charge in [-0.05, 0) is 24.7 Å². The fourth-order valence-corrected chi connectivity index (χ4v) is 1.80. The summed E-state index contributed by atoms with van der Waals surface area (Å²) in [6, 6.07) is 0. The highest BCUT2D eigenvalue weighted by molar-refractivity contribution is 5.70. The molecule has 0 saturated carbocycles. The number of hydrogen-bond donors (Lipinski definition) is 2. The SMILES string of the molecule is CC[C@H](CC(C)C)C[C@@H](CN)C(=O)O. The normalized spacial score (nSPS) is 15.5. The molecule has 0 rings (SSSR count). The van der Waals surface area contributed by atoms with Crippen molar-refractivity contribution in [1.29, 1.82) is 0 Å². The molecule has 84 valence electrons. The molecule has 0 aliphatic carbocycles. The van der Waals surface area contributed by atoms with Gasteiger partial charge >= 0.3 is 5.97 Å². The van der Waals surface area contributed by atoms with Gasteiger partial charge in [-0.25, -0.2) is 0 Å². The summed E-state index contributed by atoms with van der Waals surface area (Å²) in [5.41, 5.74) is 5.43. The summed E-state index contributed by atoms with van der Waals surface area (Å²) in [6.07, 6.45) is 2.86. The summed E-state index contributed by atoms with van der Waals surface area (Å²) >= 11 is 0. The highest BCUT2D eigenvalue weighted by Crippen LogP contribution is 2.22. The number of carboxylic acids is 1. The first kappa shape index (κ1) is 13.4. The lowest BCUT2D eigenvalue weighted by Crippen LogP contribution is -2.26. The molecule has 0 radical (unpaired) electrons. The molecule has 0 aromatic heterocycles. The van der Waals surface area contributed by atoms with Gasteiger partial charge in [-0.3, -0.25) is 4.79 Å². The van der Waals surface area contributed by atoms with Crippen LogP contribution in [0.1, 0.15) is 40.0 Å². The quantitative estimate of drug-likeness (QED) is 0.663. The highest BCUT2D eigenvalue weighted by atomic mass is 16.4.